The normalized spacial score (nSPS) is 14.1. The second-order valence-corrected chi connectivity index (χ2v) is 10.1. The van der Waals surface area contributed by atoms with Gasteiger partial charge in [0.1, 0.15) is 11.2 Å². The molecule has 0 radical (unpaired) electrons. The molecule has 0 atom stereocenters. The molecule has 4 N–H and O–H groups in total. The zero-order valence-electron chi connectivity index (χ0n) is 21.7. The number of piperidine rings is 1. The van der Waals surface area contributed by atoms with Crippen LogP contribution in [0.15, 0.2) is 73.4 Å². The number of carbonyl (C=O) groups is 1. The van der Waals surface area contributed by atoms with Crippen LogP contribution < -0.4 is 10.6 Å². The highest BCUT2D eigenvalue weighted by Crippen LogP contribution is 2.32. The van der Waals surface area contributed by atoms with E-state index >= 15 is 0 Å². The fraction of sp³-hybridized carbons (Fsp3) is 0.200. The molecule has 6 aromatic rings. The summed E-state index contributed by atoms with van der Waals surface area (Å²) in [5, 5.41) is 15.0. The number of carbonyl (C=O) groups excluding carboxylic acids is 1. The molecule has 0 aliphatic carbocycles. The third-order valence-corrected chi connectivity index (χ3v) is 7.43. The number of amides is 1. The average Bonchev–Trinajstić information content (AvgIpc) is 3.62. The number of nitrogens with zero attached hydrogens (tertiary/aromatic N) is 5. The highest BCUT2D eigenvalue weighted by molar-refractivity contribution is 5.98. The first kappa shape index (κ1) is 24.1. The summed E-state index contributed by atoms with van der Waals surface area (Å²) in [6, 6.07) is 13.8. The molecule has 1 aliphatic heterocycles. The van der Waals surface area contributed by atoms with Crippen LogP contribution in [0.25, 0.3) is 55.8 Å². The summed E-state index contributed by atoms with van der Waals surface area (Å²) in [6.45, 7) is 1.95. The van der Waals surface area contributed by atoms with E-state index in [0.717, 1.165) is 70.3 Å². The molecule has 1 aliphatic rings. The first-order valence-corrected chi connectivity index (χ1v) is 13.4. The summed E-state index contributed by atoms with van der Waals surface area (Å²) >= 11 is 0. The number of imidazole rings is 1. The predicted octanol–water partition coefficient (Wildman–Crippen LogP) is 4.95. The molecule has 10 nitrogen and oxygen atoms in total. The van der Waals surface area contributed by atoms with Gasteiger partial charge in [-0.1, -0.05) is 6.07 Å². The van der Waals surface area contributed by atoms with Gasteiger partial charge in [0.15, 0.2) is 5.82 Å². The van der Waals surface area contributed by atoms with Crippen molar-refractivity contribution in [2.45, 2.75) is 19.3 Å². The van der Waals surface area contributed by atoms with Crippen LogP contribution in [0.5, 0.6) is 0 Å². The molecule has 40 heavy (non-hydrogen) atoms. The number of anilines is 1. The van der Waals surface area contributed by atoms with E-state index in [9.17, 15) is 4.79 Å². The summed E-state index contributed by atoms with van der Waals surface area (Å²) in [5.74, 6) is 1.11. The van der Waals surface area contributed by atoms with Crippen LogP contribution in [-0.4, -0.2) is 54.1 Å². The first-order valence-electron chi connectivity index (χ1n) is 13.4. The van der Waals surface area contributed by atoms with Crippen LogP contribution in [0.1, 0.15) is 19.3 Å². The molecule has 1 saturated heterocycles. The van der Waals surface area contributed by atoms with Gasteiger partial charge in [0.2, 0.25) is 5.91 Å². The standard InChI is InChI=1S/C30H27N9O/c40-26(13-18-3-8-31-9-4-18)35-22-14-21(16-33-17-22)20-1-2-24-23(15-20)28(39-38-24)30-36-25-7-12-34-27(29(25)37-30)19-5-10-32-11-6-19/h1-2,5-7,10-12,14-18,31H,3-4,8-9,13H2,(H,35,40)(H,36,37)(H,38,39). The third-order valence-electron chi connectivity index (χ3n) is 7.43. The quantitative estimate of drug-likeness (QED) is 0.239. The van der Waals surface area contributed by atoms with Crippen molar-refractivity contribution in [3.63, 3.8) is 0 Å². The smallest absolute Gasteiger partial charge is 0.224 e. The lowest BCUT2D eigenvalue weighted by Gasteiger charge is -2.21. The van der Waals surface area contributed by atoms with Gasteiger partial charge in [0.25, 0.3) is 0 Å². The van der Waals surface area contributed by atoms with Gasteiger partial charge in [-0.05, 0) is 73.8 Å². The molecule has 0 spiro atoms. The molecule has 6 heterocycles. The molecule has 7 rings (SSSR count). The number of aromatic amines is 2. The van der Waals surface area contributed by atoms with Gasteiger partial charge in [0, 0.05) is 47.7 Å². The Kier molecular flexibility index (Phi) is 6.21. The van der Waals surface area contributed by atoms with E-state index in [4.69, 9.17) is 4.98 Å². The molecule has 198 valence electrons. The monoisotopic (exact) mass is 529 g/mol. The van der Waals surface area contributed by atoms with Crippen LogP contribution in [0.2, 0.25) is 0 Å². The zero-order chi connectivity index (χ0) is 26.9. The molecule has 0 bridgehead atoms. The maximum atomic E-state index is 12.7. The van der Waals surface area contributed by atoms with Gasteiger partial charge in [-0.3, -0.25) is 24.8 Å². The van der Waals surface area contributed by atoms with Gasteiger partial charge in [-0.2, -0.15) is 5.10 Å². The predicted molar refractivity (Wildman–Crippen MR) is 154 cm³/mol. The fourth-order valence-corrected chi connectivity index (χ4v) is 5.37. The minimum atomic E-state index is 0.0314. The van der Waals surface area contributed by atoms with Crippen molar-refractivity contribution in [3.05, 3.63) is 73.4 Å². The number of nitrogens with one attached hydrogen (secondary N) is 4. The van der Waals surface area contributed by atoms with E-state index in [2.05, 4.69) is 46.8 Å². The van der Waals surface area contributed by atoms with Crippen molar-refractivity contribution in [1.29, 1.82) is 0 Å². The van der Waals surface area contributed by atoms with E-state index in [1.54, 1.807) is 31.0 Å². The molecular formula is C30H27N9O. The Hall–Kier alpha value is -4.96. The van der Waals surface area contributed by atoms with E-state index in [1.807, 2.05) is 36.4 Å². The number of H-pyrrole nitrogens is 2. The van der Waals surface area contributed by atoms with E-state index in [-0.39, 0.29) is 5.91 Å². The minimum Gasteiger partial charge on any atom is -0.336 e. The van der Waals surface area contributed by atoms with Crippen molar-refractivity contribution in [2.24, 2.45) is 5.92 Å². The molecule has 0 saturated carbocycles. The van der Waals surface area contributed by atoms with Crippen molar-refractivity contribution in [2.75, 3.05) is 18.4 Å². The SMILES string of the molecule is O=C(CC1CCNCC1)Nc1cncc(-c2ccc3[nH]nc(-c4nc5c(-c6ccncc6)nccc5[nH]4)c3c2)c1. The molecule has 10 heteroatoms. The second kappa shape index (κ2) is 10.3. The third kappa shape index (κ3) is 4.69. The number of hydrogen-bond donors (Lipinski definition) is 4. The lowest BCUT2D eigenvalue weighted by Crippen LogP contribution is -2.30. The maximum absolute atomic E-state index is 12.7. The number of aromatic nitrogens is 7. The average molecular weight is 530 g/mol. The minimum absolute atomic E-state index is 0.0314. The summed E-state index contributed by atoms with van der Waals surface area (Å²) < 4.78 is 0. The summed E-state index contributed by atoms with van der Waals surface area (Å²) in [5.41, 5.74) is 7.55. The fourth-order valence-electron chi connectivity index (χ4n) is 5.37. The maximum Gasteiger partial charge on any atom is 0.224 e. The Morgan fingerprint density at radius 1 is 0.875 bits per heavy atom. The highest BCUT2D eigenvalue weighted by atomic mass is 16.1. The Morgan fingerprint density at radius 2 is 1.75 bits per heavy atom. The molecule has 0 unspecified atom stereocenters. The summed E-state index contributed by atoms with van der Waals surface area (Å²) in [7, 11) is 0. The number of fused-ring (bicyclic) bond motifs is 2. The van der Waals surface area contributed by atoms with E-state index in [1.165, 1.54) is 0 Å². The lowest BCUT2D eigenvalue weighted by molar-refractivity contribution is -0.117. The molecule has 1 fully saturated rings. The van der Waals surface area contributed by atoms with Gasteiger partial charge in [-0.15, -0.1) is 0 Å². The van der Waals surface area contributed by atoms with Crippen molar-refractivity contribution in [1.82, 2.24) is 40.4 Å². The molecule has 1 amide bonds. The zero-order valence-corrected chi connectivity index (χ0v) is 21.7. The first-order chi connectivity index (χ1) is 19.7. The van der Waals surface area contributed by atoms with Gasteiger partial charge in [0.05, 0.1) is 28.6 Å². The highest BCUT2D eigenvalue weighted by Gasteiger charge is 2.18. The van der Waals surface area contributed by atoms with Crippen LogP contribution in [-0.2, 0) is 4.79 Å². The second-order valence-electron chi connectivity index (χ2n) is 10.1. The number of benzene rings is 1. The largest absolute Gasteiger partial charge is 0.336 e. The van der Waals surface area contributed by atoms with Crippen molar-refractivity contribution < 1.29 is 4.79 Å². The number of rotatable bonds is 6. The van der Waals surface area contributed by atoms with Gasteiger partial charge < -0.3 is 15.6 Å². The van der Waals surface area contributed by atoms with Crippen molar-refractivity contribution in [3.8, 4) is 33.9 Å². The van der Waals surface area contributed by atoms with Crippen LogP contribution in [0.3, 0.4) is 0 Å². The summed E-state index contributed by atoms with van der Waals surface area (Å²) in [4.78, 5) is 34.1. The van der Waals surface area contributed by atoms with Crippen molar-refractivity contribution >= 4 is 33.5 Å². The van der Waals surface area contributed by atoms with Gasteiger partial charge >= 0.3 is 0 Å². The topological polar surface area (TPSA) is 137 Å². The Morgan fingerprint density at radius 3 is 2.62 bits per heavy atom. The number of pyridine rings is 3. The lowest BCUT2D eigenvalue weighted by atomic mass is 9.94. The molecule has 1 aromatic carbocycles. The summed E-state index contributed by atoms with van der Waals surface area (Å²) in [6.07, 6.45) is 11.4. The Labute approximate surface area is 229 Å². The van der Waals surface area contributed by atoms with Crippen LogP contribution in [0.4, 0.5) is 5.69 Å². The van der Waals surface area contributed by atoms with E-state index in [0.29, 0.717) is 29.5 Å². The van der Waals surface area contributed by atoms with Crippen LogP contribution >= 0.6 is 0 Å². The number of hydrogen-bond acceptors (Lipinski definition) is 7. The Bertz CT molecular complexity index is 1820. The molecule has 5 aromatic heterocycles. The van der Waals surface area contributed by atoms with Crippen LogP contribution in [0, 0.1) is 5.92 Å². The van der Waals surface area contributed by atoms with E-state index < -0.39 is 0 Å². The Balaban J connectivity index is 1.19. The van der Waals surface area contributed by atoms with Gasteiger partial charge in [-0.25, -0.2) is 4.98 Å². The molecular weight excluding hydrogens is 502 g/mol.